The molecule has 26 heavy (non-hydrogen) atoms. The van der Waals surface area contributed by atoms with Crippen LogP contribution in [0.1, 0.15) is 31.1 Å². The average Bonchev–Trinajstić information content (AvgIpc) is 2.59. The fraction of sp³-hybridized carbons (Fsp3) is 0.556. The molecule has 0 spiro atoms. The molecule has 1 heterocycles. The third-order valence-electron chi connectivity index (χ3n) is 3.98. The highest BCUT2D eigenvalue weighted by molar-refractivity contribution is 5.95. The fourth-order valence-electron chi connectivity index (χ4n) is 2.74. The normalized spacial score (nSPS) is 16.7. The topological polar surface area (TPSA) is 79.9 Å². The van der Waals surface area contributed by atoms with Gasteiger partial charge >= 0.3 is 0 Å². The third-order valence-corrected chi connectivity index (χ3v) is 3.98. The van der Waals surface area contributed by atoms with Crippen LogP contribution in [0.2, 0.25) is 0 Å². The summed E-state index contributed by atoms with van der Waals surface area (Å²) < 4.78 is 10.8. The molecule has 146 valence electrons. The molecular weight excluding hydrogens is 358 g/mol. The maximum absolute atomic E-state index is 12.7. The summed E-state index contributed by atoms with van der Waals surface area (Å²) in [7, 11) is 1.51. The number of methoxy groups -OCH3 is 1. The first-order valence-corrected chi connectivity index (χ1v) is 8.54. The van der Waals surface area contributed by atoms with Crippen LogP contribution >= 0.6 is 12.4 Å². The minimum atomic E-state index is -0.202. The van der Waals surface area contributed by atoms with E-state index in [1.165, 1.54) is 7.11 Å². The van der Waals surface area contributed by atoms with Gasteiger partial charge in [0.15, 0.2) is 18.1 Å². The first kappa shape index (κ1) is 22.1. The zero-order valence-electron chi connectivity index (χ0n) is 15.7. The van der Waals surface area contributed by atoms with Crippen LogP contribution in [0.4, 0.5) is 0 Å². The van der Waals surface area contributed by atoms with E-state index in [1.807, 2.05) is 25.7 Å². The lowest BCUT2D eigenvalue weighted by Crippen LogP contribution is -2.52. The van der Waals surface area contributed by atoms with E-state index in [2.05, 4.69) is 10.6 Å². The maximum Gasteiger partial charge on any atom is 0.258 e. The van der Waals surface area contributed by atoms with Gasteiger partial charge in [0.25, 0.3) is 11.8 Å². The van der Waals surface area contributed by atoms with Gasteiger partial charge in [-0.1, -0.05) is 0 Å². The number of nitrogens with one attached hydrogen (secondary N) is 2. The molecule has 1 fully saturated rings. The molecule has 1 aliphatic rings. The van der Waals surface area contributed by atoms with Crippen molar-refractivity contribution in [2.24, 2.45) is 0 Å². The Balaban J connectivity index is 0.00000338. The van der Waals surface area contributed by atoms with E-state index >= 15 is 0 Å². The SMILES string of the molecule is COc1cc(C(=O)N2CCNC[C@H]2C)ccc1OCC(=O)NC(C)C.Cl. The summed E-state index contributed by atoms with van der Waals surface area (Å²) in [5, 5.41) is 6.02. The fourth-order valence-corrected chi connectivity index (χ4v) is 2.74. The van der Waals surface area contributed by atoms with Crippen molar-refractivity contribution in [1.29, 1.82) is 0 Å². The second-order valence-electron chi connectivity index (χ2n) is 6.43. The van der Waals surface area contributed by atoms with Gasteiger partial charge in [-0.3, -0.25) is 9.59 Å². The van der Waals surface area contributed by atoms with Crippen molar-refractivity contribution >= 4 is 24.2 Å². The standard InChI is InChI=1S/C18H27N3O4.ClH/c1-12(2)20-17(22)11-25-15-6-5-14(9-16(15)24-4)18(23)21-8-7-19-10-13(21)3;/h5-6,9,12-13,19H,7-8,10-11H2,1-4H3,(H,20,22);1H/t13-;/m1./s1. The predicted octanol–water partition coefficient (Wildman–Crippen LogP) is 1.45. The van der Waals surface area contributed by atoms with Crippen LogP contribution in [0.3, 0.4) is 0 Å². The number of nitrogens with zero attached hydrogens (tertiary/aromatic N) is 1. The minimum absolute atomic E-state index is 0. The van der Waals surface area contributed by atoms with Gasteiger partial charge in [0, 0.05) is 37.3 Å². The summed E-state index contributed by atoms with van der Waals surface area (Å²) in [6, 6.07) is 5.23. The monoisotopic (exact) mass is 385 g/mol. The molecule has 0 radical (unpaired) electrons. The summed E-state index contributed by atoms with van der Waals surface area (Å²) >= 11 is 0. The molecule has 1 saturated heterocycles. The van der Waals surface area contributed by atoms with Crippen LogP contribution < -0.4 is 20.1 Å². The van der Waals surface area contributed by atoms with Gasteiger partial charge in [-0.2, -0.15) is 0 Å². The summed E-state index contributed by atoms with van der Waals surface area (Å²) in [6.45, 7) is 7.94. The Morgan fingerprint density at radius 1 is 1.35 bits per heavy atom. The van der Waals surface area contributed by atoms with Gasteiger partial charge in [-0.05, 0) is 39.0 Å². The molecule has 2 rings (SSSR count). The molecule has 7 nitrogen and oxygen atoms in total. The largest absolute Gasteiger partial charge is 0.493 e. The Hall–Kier alpha value is -1.99. The molecule has 2 N–H and O–H groups in total. The lowest BCUT2D eigenvalue weighted by Gasteiger charge is -2.34. The van der Waals surface area contributed by atoms with Crippen LogP contribution in [0.5, 0.6) is 11.5 Å². The zero-order valence-corrected chi connectivity index (χ0v) is 16.5. The van der Waals surface area contributed by atoms with E-state index in [0.717, 1.165) is 13.1 Å². The third kappa shape index (κ3) is 5.78. The number of piperazine rings is 1. The minimum Gasteiger partial charge on any atom is -0.493 e. The molecular formula is C18H28ClN3O4. The van der Waals surface area contributed by atoms with E-state index in [1.54, 1.807) is 18.2 Å². The van der Waals surface area contributed by atoms with Gasteiger partial charge in [-0.15, -0.1) is 12.4 Å². The second kappa shape index (κ2) is 10.2. The van der Waals surface area contributed by atoms with Crippen molar-refractivity contribution in [3.63, 3.8) is 0 Å². The summed E-state index contributed by atoms with van der Waals surface area (Å²) in [4.78, 5) is 26.3. The van der Waals surface area contributed by atoms with Gasteiger partial charge in [0.1, 0.15) is 0 Å². The Morgan fingerprint density at radius 2 is 2.08 bits per heavy atom. The van der Waals surface area contributed by atoms with Crippen molar-refractivity contribution in [3.8, 4) is 11.5 Å². The molecule has 2 amide bonds. The zero-order chi connectivity index (χ0) is 18.4. The average molecular weight is 386 g/mol. The Labute approximate surface area is 160 Å². The van der Waals surface area contributed by atoms with E-state index in [0.29, 0.717) is 23.6 Å². The molecule has 8 heteroatoms. The quantitative estimate of drug-likeness (QED) is 0.774. The smallest absolute Gasteiger partial charge is 0.258 e. The number of halogens is 1. The number of amides is 2. The summed E-state index contributed by atoms with van der Waals surface area (Å²) in [5.74, 6) is 0.639. The van der Waals surface area contributed by atoms with E-state index in [9.17, 15) is 9.59 Å². The summed E-state index contributed by atoms with van der Waals surface area (Å²) in [6.07, 6.45) is 0. The number of carbonyl (C=O) groups excluding carboxylic acids is 2. The molecule has 1 atom stereocenters. The molecule has 1 aromatic carbocycles. The van der Waals surface area contributed by atoms with Crippen LogP contribution in [-0.2, 0) is 4.79 Å². The molecule has 0 unspecified atom stereocenters. The van der Waals surface area contributed by atoms with Crippen LogP contribution in [0.15, 0.2) is 18.2 Å². The van der Waals surface area contributed by atoms with Crippen LogP contribution in [0, 0.1) is 0 Å². The number of hydrogen-bond donors (Lipinski definition) is 2. The molecule has 1 aromatic rings. The number of hydrogen-bond acceptors (Lipinski definition) is 5. The van der Waals surface area contributed by atoms with Crippen molar-refractivity contribution < 1.29 is 19.1 Å². The van der Waals surface area contributed by atoms with Gasteiger partial charge in [0.05, 0.1) is 7.11 Å². The lowest BCUT2D eigenvalue weighted by atomic mass is 10.1. The Bertz CT molecular complexity index is 624. The van der Waals surface area contributed by atoms with Crippen molar-refractivity contribution in [1.82, 2.24) is 15.5 Å². The number of carbonyl (C=O) groups is 2. The second-order valence-corrected chi connectivity index (χ2v) is 6.43. The molecule has 0 aromatic heterocycles. The predicted molar refractivity (Wildman–Crippen MR) is 102 cm³/mol. The van der Waals surface area contributed by atoms with Crippen LogP contribution in [0.25, 0.3) is 0 Å². The highest BCUT2D eigenvalue weighted by Gasteiger charge is 2.24. The van der Waals surface area contributed by atoms with Gasteiger partial charge in [-0.25, -0.2) is 0 Å². The van der Waals surface area contributed by atoms with Gasteiger partial charge < -0.3 is 25.0 Å². The lowest BCUT2D eigenvalue weighted by molar-refractivity contribution is -0.123. The number of rotatable bonds is 6. The highest BCUT2D eigenvalue weighted by Crippen LogP contribution is 2.29. The van der Waals surface area contributed by atoms with E-state index < -0.39 is 0 Å². The van der Waals surface area contributed by atoms with E-state index in [4.69, 9.17) is 9.47 Å². The van der Waals surface area contributed by atoms with Crippen LogP contribution in [-0.4, -0.2) is 62.1 Å². The molecule has 1 aliphatic heterocycles. The maximum atomic E-state index is 12.7. The first-order chi connectivity index (χ1) is 11.9. The first-order valence-electron chi connectivity index (χ1n) is 8.54. The summed E-state index contributed by atoms with van der Waals surface area (Å²) in [5.41, 5.74) is 0.546. The highest BCUT2D eigenvalue weighted by atomic mass is 35.5. The van der Waals surface area contributed by atoms with Crippen molar-refractivity contribution in [2.45, 2.75) is 32.9 Å². The molecule has 0 saturated carbocycles. The molecule has 0 aliphatic carbocycles. The van der Waals surface area contributed by atoms with E-state index in [-0.39, 0.29) is 42.9 Å². The van der Waals surface area contributed by atoms with Crippen molar-refractivity contribution in [3.05, 3.63) is 23.8 Å². The number of benzene rings is 1. The van der Waals surface area contributed by atoms with Crippen molar-refractivity contribution in [2.75, 3.05) is 33.4 Å². The number of ether oxygens (including phenoxy) is 2. The molecule has 0 bridgehead atoms. The Kier molecular flexibility index (Phi) is 8.68. The van der Waals surface area contributed by atoms with Gasteiger partial charge in [0.2, 0.25) is 0 Å². The Morgan fingerprint density at radius 3 is 2.69 bits per heavy atom.